The summed E-state index contributed by atoms with van der Waals surface area (Å²) in [6.45, 7) is 3.73. The fourth-order valence-corrected chi connectivity index (χ4v) is 5.39. The van der Waals surface area contributed by atoms with Gasteiger partial charge in [-0.2, -0.15) is 5.10 Å². The Hall–Kier alpha value is -3.39. The van der Waals surface area contributed by atoms with E-state index < -0.39 is 11.7 Å². The number of aromatic nitrogens is 3. The summed E-state index contributed by atoms with van der Waals surface area (Å²) in [6.07, 6.45) is 7.14. The van der Waals surface area contributed by atoms with Crippen LogP contribution in [0, 0.1) is 0 Å². The minimum absolute atomic E-state index is 0.0846. The average molecular weight is 510 g/mol. The molecular formula is C27H32ClN5O3. The molecule has 1 aliphatic carbocycles. The molecule has 1 fully saturated rings. The summed E-state index contributed by atoms with van der Waals surface area (Å²) in [5, 5.41) is 5.35. The van der Waals surface area contributed by atoms with Crippen LogP contribution in [-0.4, -0.2) is 26.5 Å². The van der Waals surface area contributed by atoms with Gasteiger partial charge >= 0.3 is 6.09 Å². The van der Waals surface area contributed by atoms with E-state index in [0.717, 1.165) is 43.2 Å². The number of halogens is 1. The number of nitrogen functional groups attached to an aromatic ring is 1. The first kappa shape index (κ1) is 25.7. The van der Waals surface area contributed by atoms with E-state index in [1.165, 1.54) is 0 Å². The maximum Gasteiger partial charge on any atom is 0.405 e. The molecule has 0 atom stereocenters. The van der Waals surface area contributed by atoms with E-state index in [1.54, 1.807) is 23.1 Å². The topological polar surface area (TPSA) is 126 Å². The van der Waals surface area contributed by atoms with Gasteiger partial charge in [-0.3, -0.25) is 9.78 Å². The molecule has 2 heterocycles. The number of ether oxygens (including phenoxy) is 1. The Labute approximate surface area is 215 Å². The van der Waals surface area contributed by atoms with Crippen LogP contribution < -0.4 is 17.0 Å². The Morgan fingerprint density at radius 2 is 1.97 bits per heavy atom. The fourth-order valence-electron chi connectivity index (χ4n) is 5.20. The molecule has 0 aliphatic heterocycles. The van der Waals surface area contributed by atoms with Crippen LogP contribution in [0.1, 0.15) is 64.0 Å². The molecule has 1 saturated carbocycles. The number of benzene rings is 1. The third-order valence-electron chi connectivity index (χ3n) is 7.20. The molecule has 1 aliphatic rings. The van der Waals surface area contributed by atoms with Crippen molar-refractivity contribution in [1.82, 2.24) is 14.8 Å². The second-order valence-electron chi connectivity index (χ2n) is 10.2. The van der Waals surface area contributed by atoms with Gasteiger partial charge in [0, 0.05) is 23.0 Å². The molecule has 8 nitrogen and oxygen atoms in total. The van der Waals surface area contributed by atoms with Crippen molar-refractivity contribution in [3.05, 3.63) is 75.8 Å². The van der Waals surface area contributed by atoms with Gasteiger partial charge in [0.1, 0.15) is 11.3 Å². The molecule has 1 aromatic carbocycles. The number of nitrogens with zero attached hydrogens (tertiary/aromatic N) is 3. The van der Waals surface area contributed by atoms with Crippen molar-refractivity contribution in [3.63, 3.8) is 0 Å². The average Bonchev–Trinajstić information content (AvgIpc) is 2.85. The van der Waals surface area contributed by atoms with Gasteiger partial charge in [0.2, 0.25) is 0 Å². The van der Waals surface area contributed by atoms with E-state index in [1.807, 2.05) is 44.2 Å². The van der Waals surface area contributed by atoms with E-state index in [2.05, 4.69) is 16.1 Å². The van der Waals surface area contributed by atoms with Crippen LogP contribution in [0.2, 0.25) is 5.02 Å². The number of anilines is 1. The van der Waals surface area contributed by atoms with E-state index in [4.69, 9.17) is 27.8 Å². The highest BCUT2D eigenvalue weighted by Gasteiger charge is 2.39. The summed E-state index contributed by atoms with van der Waals surface area (Å²) >= 11 is 6.36. The van der Waals surface area contributed by atoms with Crippen LogP contribution in [0.25, 0.3) is 11.3 Å². The molecule has 0 spiro atoms. The molecule has 0 bridgehead atoms. The molecule has 9 heteroatoms. The number of hydrogen-bond donors (Lipinski definition) is 2. The van der Waals surface area contributed by atoms with Crippen molar-refractivity contribution < 1.29 is 9.53 Å². The zero-order valence-corrected chi connectivity index (χ0v) is 21.4. The van der Waals surface area contributed by atoms with Crippen molar-refractivity contribution in [2.45, 2.75) is 69.4 Å². The summed E-state index contributed by atoms with van der Waals surface area (Å²) in [7, 11) is 0. The minimum atomic E-state index is -0.781. The Balaban J connectivity index is 1.61. The maximum atomic E-state index is 13.0. The quantitative estimate of drug-likeness (QED) is 0.448. The van der Waals surface area contributed by atoms with Crippen molar-refractivity contribution >= 4 is 23.4 Å². The number of carbonyl (C=O) groups excluding carboxylic acids is 1. The van der Waals surface area contributed by atoms with Crippen LogP contribution in [0.5, 0.6) is 0 Å². The number of nitrogens with two attached hydrogens (primary N) is 2. The Morgan fingerprint density at radius 1 is 1.22 bits per heavy atom. The summed E-state index contributed by atoms with van der Waals surface area (Å²) in [4.78, 5) is 28.5. The van der Waals surface area contributed by atoms with Crippen LogP contribution in [0.15, 0.2) is 59.7 Å². The third-order valence-corrected chi connectivity index (χ3v) is 7.43. The van der Waals surface area contributed by atoms with Gasteiger partial charge in [-0.05, 0) is 93.7 Å². The number of hydrogen-bond acceptors (Lipinski definition) is 6. The van der Waals surface area contributed by atoms with Crippen molar-refractivity contribution in [3.8, 4) is 11.3 Å². The summed E-state index contributed by atoms with van der Waals surface area (Å²) in [5.41, 5.74) is 13.0. The number of pyridine rings is 1. The lowest BCUT2D eigenvalue weighted by atomic mass is 9.65. The molecular weight excluding hydrogens is 478 g/mol. The fraction of sp³-hybridized carbons (Fsp3) is 0.407. The van der Waals surface area contributed by atoms with Gasteiger partial charge in [0.15, 0.2) is 0 Å². The lowest BCUT2D eigenvalue weighted by Gasteiger charge is -2.42. The van der Waals surface area contributed by atoms with Crippen molar-refractivity contribution in [2.75, 3.05) is 5.73 Å². The third kappa shape index (κ3) is 5.70. The monoisotopic (exact) mass is 509 g/mol. The highest BCUT2D eigenvalue weighted by Crippen LogP contribution is 2.47. The highest BCUT2D eigenvalue weighted by atomic mass is 35.5. The Bertz CT molecular complexity index is 1280. The molecule has 36 heavy (non-hydrogen) atoms. The molecule has 3 aromatic rings. The van der Waals surface area contributed by atoms with Crippen LogP contribution in [0.4, 0.5) is 10.5 Å². The number of rotatable bonds is 7. The first-order valence-corrected chi connectivity index (χ1v) is 12.5. The summed E-state index contributed by atoms with van der Waals surface area (Å²) < 4.78 is 6.89. The second kappa shape index (κ2) is 10.3. The van der Waals surface area contributed by atoms with Gasteiger partial charge in [-0.15, -0.1) is 0 Å². The molecule has 190 valence electrons. The molecule has 4 rings (SSSR count). The Morgan fingerprint density at radius 3 is 2.61 bits per heavy atom. The maximum absolute atomic E-state index is 13.0. The minimum Gasteiger partial charge on any atom is -0.444 e. The lowest BCUT2D eigenvalue weighted by molar-refractivity contribution is 0.0290. The zero-order chi connectivity index (χ0) is 25.9. The van der Waals surface area contributed by atoms with Crippen LogP contribution in [-0.2, 0) is 10.2 Å². The lowest BCUT2D eigenvalue weighted by Crippen LogP contribution is -2.39. The number of carbonyl (C=O) groups is 1. The summed E-state index contributed by atoms with van der Waals surface area (Å²) in [6, 6.07) is 13.2. The van der Waals surface area contributed by atoms with Gasteiger partial charge in [-0.1, -0.05) is 23.7 Å². The highest BCUT2D eigenvalue weighted by molar-refractivity contribution is 6.30. The molecule has 2 aromatic heterocycles. The second-order valence-corrected chi connectivity index (χ2v) is 10.6. The molecule has 0 radical (unpaired) electrons. The van der Waals surface area contributed by atoms with Crippen molar-refractivity contribution in [1.29, 1.82) is 0 Å². The van der Waals surface area contributed by atoms with Gasteiger partial charge in [0.25, 0.3) is 5.56 Å². The predicted octanol–water partition coefficient (Wildman–Crippen LogP) is 5.25. The van der Waals surface area contributed by atoms with Gasteiger partial charge in [0.05, 0.1) is 11.7 Å². The van der Waals surface area contributed by atoms with Crippen LogP contribution >= 0.6 is 11.6 Å². The molecule has 0 saturated heterocycles. The van der Waals surface area contributed by atoms with Gasteiger partial charge in [-0.25, -0.2) is 9.48 Å². The number of amides is 1. The van der Waals surface area contributed by atoms with Crippen LogP contribution in [0.3, 0.4) is 0 Å². The van der Waals surface area contributed by atoms with Crippen molar-refractivity contribution in [2.24, 2.45) is 5.73 Å². The standard InChI is InChI=1S/C27H32ClN5O3/c1-26(2,36-25(30)35)12-13-27(19-6-3-7-20(28)15-19)10-8-21(9-11-27)33-24(34)22(29)16-23(32-33)18-5-4-14-31-17-18/h3-7,14-17,21H,8-13,29H2,1-2H3,(H2,30,35). The molecule has 4 N–H and O–H groups in total. The zero-order valence-electron chi connectivity index (χ0n) is 20.6. The van der Waals surface area contributed by atoms with E-state index in [9.17, 15) is 9.59 Å². The predicted molar refractivity (Wildman–Crippen MR) is 141 cm³/mol. The first-order chi connectivity index (χ1) is 17.1. The normalized spacial score (nSPS) is 20.1. The number of primary amides is 1. The smallest absolute Gasteiger partial charge is 0.405 e. The molecule has 0 unspecified atom stereocenters. The van der Waals surface area contributed by atoms with E-state index >= 15 is 0 Å². The molecule has 1 amide bonds. The Kier molecular flexibility index (Phi) is 7.36. The SMILES string of the molecule is CC(C)(CCC1(c2cccc(Cl)c2)CCC(n2nc(-c3cccnc3)cc(N)c2=O)CC1)OC(N)=O. The summed E-state index contributed by atoms with van der Waals surface area (Å²) in [5.74, 6) is 0. The van der Waals surface area contributed by atoms with E-state index in [0.29, 0.717) is 17.1 Å². The largest absolute Gasteiger partial charge is 0.444 e. The van der Waals surface area contributed by atoms with E-state index in [-0.39, 0.29) is 22.7 Å². The first-order valence-electron chi connectivity index (χ1n) is 12.1. The van der Waals surface area contributed by atoms with Gasteiger partial charge < -0.3 is 16.2 Å².